The quantitative estimate of drug-likeness (QED) is 0.860. The first kappa shape index (κ1) is 12.4. The van der Waals surface area contributed by atoms with Gasteiger partial charge in [-0.05, 0) is 32.8 Å². The molecule has 0 radical (unpaired) electrons. The van der Waals surface area contributed by atoms with E-state index in [2.05, 4.69) is 24.0 Å². The van der Waals surface area contributed by atoms with Gasteiger partial charge >= 0.3 is 0 Å². The van der Waals surface area contributed by atoms with Crippen molar-refractivity contribution in [2.45, 2.75) is 51.7 Å². The molecule has 1 aromatic carbocycles. The molecule has 2 nitrogen and oxygen atoms in total. The number of aliphatic hydroxyl groups is 1. The molecule has 0 bridgehead atoms. The summed E-state index contributed by atoms with van der Waals surface area (Å²) in [5, 5.41) is 9.87. The van der Waals surface area contributed by atoms with Crippen molar-refractivity contribution in [3.63, 3.8) is 0 Å². The average molecular weight is 233 g/mol. The zero-order chi connectivity index (χ0) is 12.3. The molecule has 1 atom stereocenters. The van der Waals surface area contributed by atoms with Gasteiger partial charge < -0.3 is 10.0 Å². The minimum atomic E-state index is -0.387. The van der Waals surface area contributed by atoms with Crippen LogP contribution in [0.3, 0.4) is 0 Å². The SMILES string of the molecule is CCN(c1ccccc1[C@H](C)O)C1CCCC1. The third-order valence-corrected chi connectivity index (χ3v) is 3.80. The fourth-order valence-electron chi connectivity index (χ4n) is 2.94. The van der Waals surface area contributed by atoms with Crippen LogP contribution in [-0.4, -0.2) is 17.7 Å². The molecule has 0 aliphatic heterocycles. The van der Waals surface area contributed by atoms with E-state index in [0.717, 1.165) is 12.1 Å². The lowest BCUT2D eigenvalue weighted by Crippen LogP contribution is -2.33. The summed E-state index contributed by atoms with van der Waals surface area (Å²) in [6.07, 6.45) is 4.89. The Morgan fingerprint density at radius 3 is 2.53 bits per heavy atom. The molecule has 1 aromatic rings. The first-order valence-corrected chi connectivity index (χ1v) is 6.77. The van der Waals surface area contributed by atoms with E-state index in [0.29, 0.717) is 6.04 Å². The van der Waals surface area contributed by atoms with Crippen LogP contribution in [0.1, 0.15) is 51.2 Å². The van der Waals surface area contributed by atoms with E-state index < -0.39 is 0 Å². The molecule has 0 saturated heterocycles. The van der Waals surface area contributed by atoms with E-state index in [1.54, 1.807) is 0 Å². The van der Waals surface area contributed by atoms with Crippen LogP contribution in [0.25, 0.3) is 0 Å². The Kier molecular flexibility index (Phi) is 4.06. The fourth-order valence-corrected chi connectivity index (χ4v) is 2.94. The van der Waals surface area contributed by atoms with Gasteiger partial charge in [0.1, 0.15) is 0 Å². The second-order valence-electron chi connectivity index (χ2n) is 4.96. The number of hydrogen-bond acceptors (Lipinski definition) is 2. The summed E-state index contributed by atoms with van der Waals surface area (Å²) >= 11 is 0. The lowest BCUT2D eigenvalue weighted by Gasteiger charge is -2.32. The topological polar surface area (TPSA) is 23.5 Å². The molecule has 1 fully saturated rings. The maximum atomic E-state index is 9.87. The maximum absolute atomic E-state index is 9.87. The Labute approximate surface area is 104 Å². The molecule has 94 valence electrons. The van der Waals surface area contributed by atoms with Crippen LogP contribution in [-0.2, 0) is 0 Å². The van der Waals surface area contributed by atoms with Gasteiger partial charge in [0.15, 0.2) is 0 Å². The van der Waals surface area contributed by atoms with Crippen molar-refractivity contribution >= 4 is 5.69 Å². The van der Waals surface area contributed by atoms with Crippen LogP contribution >= 0.6 is 0 Å². The van der Waals surface area contributed by atoms with Gasteiger partial charge in [0, 0.05) is 23.8 Å². The summed E-state index contributed by atoms with van der Waals surface area (Å²) in [4.78, 5) is 2.47. The monoisotopic (exact) mass is 233 g/mol. The van der Waals surface area contributed by atoms with Crippen LogP contribution < -0.4 is 4.90 Å². The Hall–Kier alpha value is -1.02. The number of para-hydroxylation sites is 1. The van der Waals surface area contributed by atoms with Crippen molar-refractivity contribution in [3.05, 3.63) is 29.8 Å². The van der Waals surface area contributed by atoms with Crippen LogP contribution in [0, 0.1) is 0 Å². The lowest BCUT2D eigenvalue weighted by atomic mass is 10.1. The Bertz CT molecular complexity index is 356. The molecule has 1 aliphatic rings. The third kappa shape index (κ3) is 2.63. The Morgan fingerprint density at radius 2 is 1.94 bits per heavy atom. The second-order valence-corrected chi connectivity index (χ2v) is 4.96. The number of hydrogen-bond donors (Lipinski definition) is 1. The summed E-state index contributed by atoms with van der Waals surface area (Å²) in [5.41, 5.74) is 2.28. The predicted octanol–water partition coefficient (Wildman–Crippen LogP) is 3.51. The smallest absolute Gasteiger partial charge is 0.0781 e. The average Bonchev–Trinajstić information content (AvgIpc) is 2.84. The number of rotatable bonds is 4. The highest BCUT2D eigenvalue weighted by Crippen LogP contribution is 2.32. The number of anilines is 1. The number of benzene rings is 1. The van der Waals surface area contributed by atoms with Crippen molar-refractivity contribution in [2.24, 2.45) is 0 Å². The van der Waals surface area contributed by atoms with Crippen molar-refractivity contribution < 1.29 is 5.11 Å². The Morgan fingerprint density at radius 1 is 1.29 bits per heavy atom. The summed E-state index contributed by atoms with van der Waals surface area (Å²) < 4.78 is 0. The molecule has 2 heteroatoms. The summed E-state index contributed by atoms with van der Waals surface area (Å²) in [6, 6.07) is 8.92. The number of nitrogens with zero attached hydrogens (tertiary/aromatic N) is 1. The molecule has 0 unspecified atom stereocenters. The van der Waals surface area contributed by atoms with E-state index >= 15 is 0 Å². The minimum absolute atomic E-state index is 0.387. The van der Waals surface area contributed by atoms with Gasteiger partial charge in [-0.3, -0.25) is 0 Å². The molecule has 0 amide bonds. The lowest BCUT2D eigenvalue weighted by molar-refractivity contribution is 0.199. The standard InChI is InChI=1S/C15H23NO/c1-3-16(13-8-4-5-9-13)15-11-7-6-10-14(15)12(2)17/h6-7,10-13,17H,3-5,8-9H2,1-2H3/t12-/m0/s1. The fraction of sp³-hybridized carbons (Fsp3) is 0.600. The van der Waals surface area contributed by atoms with Gasteiger partial charge in [0.25, 0.3) is 0 Å². The van der Waals surface area contributed by atoms with E-state index in [4.69, 9.17) is 0 Å². The van der Waals surface area contributed by atoms with E-state index in [1.165, 1.54) is 31.4 Å². The van der Waals surface area contributed by atoms with Crippen LogP contribution in [0.15, 0.2) is 24.3 Å². The largest absolute Gasteiger partial charge is 0.389 e. The van der Waals surface area contributed by atoms with Crippen molar-refractivity contribution in [1.82, 2.24) is 0 Å². The molecule has 0 aromatic heterocycles. The van der Waals surface area contributed by atoms with Crippen LogP contribution in [0.4, 0.5) is 5.69 Å². The number of aliphatic hydroxyl groups excluding tert-OH is 1. The summed E-state index contributed by atoms with van der Waals surface area (Å²) in [7, 11) is 0. The molecule has 0 heterocycles. The summed E-state index contributed by atoms with van der Waals surface area (Å²) in [5.74, 6) is 0. The van der Waals surface area contributed by atoms with Gasteiger partial charge in [-0.1, -0.05) is 31.0 Å². The summed E-state index contributed by atoms with van der Waals surface area (Å²) in [6.45, 7) is 5.08. The van der Waals surface area contributed by atoms with Gasteiger partial charge in [-0.25, -0.2) is 0 Å². The van der Waals surface area contributed by atoms with Gasteiger partial charge in [0.05, 0.1) is 6.10 Å². The third-order valence-electron chi connectivity index (χ3n) is 3.80. The van der Waals surface area contributed by atoms with Gasteiger partial charge in [-0.2, -0.15) is 0 Å². The highest BCUT2D eigenvalue weighted by Gasteiger charge is 2.23. The molecule has 1 aliphatic carbocycles. The molecular weight excluding hydrogens is 210 g/mol. The zero-order valence-corrected chi connectivity index (χ0v) is 10.9. The molecular formula is C15H23NO. The first-order chi connectivity index (χ1) is 8.24. The molecule has 1 saturated carbocycles. The van der Waals surface area contributed by atoms with E-state index in [-0.39, 0.29) is 6.10 Å². The van der Waals surface area contributed by atoms with Crippen molar-refractivity contribution in [3.8, 4) is 0 Å². The Balaban J connectivity index is 2.29. The normalized spacial score (nSPS) is 18.3. The van der Waals surface area contributed by atoms with Crippen molar-refractivity contribution in [1.29, 1.82) is 0 Å². The molecule has 1 N–H and O–H groups in total. The van der Waals surface area contributed by atoms with E-state index in [9.17, 15) is 5.11 Å². The predicted molar refractivity (Wildman–Crippen MR) is 72.4 cm³/mol. The molecule has 17 heavy (non-hydrogen) atoms. The van der Waals surface area contributed by atoms with Crippen LogP contribution in [0.2, 0.25) is 0 Å². The highest BCUT2D eigenvalue weighted by atomic mass is 16.3. The highest BCUT2D eigenvalue weighted by molar-refractivity contribution is 5.55. The maximum Gasteiger partial charge on any atom is 0.0781 e. The van der Waals surface area contributed by atoms with Gasteiger partial charge in [-0.15, -0.1) is 0 Å². The first-order valence-electron chi connectivity index (χ1n) is 6.77. The molecule has 0 spiro atoms. The van der Waals surface area contributed by atoms with Crippen LogP contribution in [0.5, 0.6) is 0 Å². The molecule has 2 rings (SSSR count). The second kappa shape index (κ2) is 5.54. The van der Waals surface area contributed by atoms with Gasteiger partial charge in [0.2, 0.25) is 0 Å². The van der Waals surface area contributed by atoms with E-state index in [1.807, 2.05) is 19.1 Å². The van der Waals surface area contributed by atoms with Crippen molar-refractivity contribution in [2.75, 3.05) is 11.4 Å². The zero-order valence-electron chi connectivity index (χ0n) is 10.9. The minimum Gasteiger partial charge on any atom is -0.389 e.